The SMILES string of the molecule is CCCCCC(O)(CC=C1CC[C@@H](O)[C@@H]1CCCCCCC(=O)O)CCCCC. The lowest BCUT2D eigenvalue weighted by molar-refractivity contribution is -0.137. The van der Waals surface area contributed by atoms with E-state index in [0.29, 0.717) is 0 Å². The summed E-state index contributed by atoms with van der Waals surface area (Å²) in [6, 6.07) is 0. The van der Waals surface area contributed by atoms with E-state index in [-0.39, 0.29) is 18.4 Å². The number of aliphatic hydroxyl groups is 2. The molecule has 4 nitrogen and oxygen atoms in total. The predicted molar refractivity (Wildman–Crippen MR) is 120 cm³/mol. The van der Waals surface area contributed by atoms with E-state index >= 15 is 0 Å². The van der Waals surface area contributed by atoms with E-state index in [1.807, 2.05) is 0 Å². The van der Waals surface area contributed by atoms with Crippen LogP contribution in [-0.4, -0.2) is 33.0 Å². The number of hydrogen-bond acceptors (Lipinski definition) is 3. The minimum Gasteiger partial charge on any atom is -0.481 e. The first-order valence-corrected chi connectivity index (χ1v) is 12.2. The Morgan fingerprint density at radius 3 is 2.21 bits per heavy atom. The highest BCUT2D eigenvalue weighted by molar-refractivity contribution is 5.66. The second kappa shape index (κ2) is 15.0. The molecule has 0 aliphatic heterocycles. The van der Waals surface area contributed by atoms with Crippen molar-refractivity contribution in [2.75, 3.05) is 0 Å². The van der Waals surface area contributed by atoms with Crippen LogP contribution in [0.5, 0.6) is 0 Å². The summed E-state index contributed by atoms with van der Waals surface area (Å²) in [5, 5.41) is 30.4. The zero-order valence-electron chi connectivity index (χ0n) is 19.0. The molecule has 0 aromatic heterocycles. The molecule has 0 aromatic carbocycles. The van der Waals surface area contributed by atoms with Crippen LogP contribution in [0, 0.1) is 5.92 Å². The van der Waals surface area contributed by atoms with Crippen molar-refractivity contribution in [3.05, 3.63) is 11.6 Å². The highest BCUT2D eigenvalue weighted by Gasteiger charge is 2.31. The smallest absolute Gasteiger partial charge is 0.303 e. The number of aliphatic carboxylic acids is 1. The molecule has 0 amide bonds. The number of rotatable bonds is 17. The number of unbranched alkanes of at least 4 members (excludes halogenated alkanes) is 7. The molecule has 29 heavy (non-hydrogen) atoms. The van der Waals surface area contributed by atoms with Crippen LogP contribution < -0.4 is 0 Å². The molecule has 1 aliphatic carbocycles. The van der Waals surface area contributed by atoms with Gasteiger partial charge in [-0.1, -0.05) is 83.3 Å². The van der Waals surface area contributed by atoms with Gasteiger partial charge in [0.2, 0.25) is 0 Å². The summed E-state index contributed by atoms with van der Waals surface area (Å²) in [5.41, 5.74) is 0.749. The fourth-order valence-electron chi connectivity index (χ4n) is 4.63. The normalized spacial score (nSPS) is 21.2. The van der Waals surface area contributed by atoms with Gasteiger partial charge >= 0.3 is 5.97 Å². The van der Waals surface area contributed by atoms with E-state index in [0.717, 1.165) is 77.0 Å². The highest BCUT2D eigenvalue weighted by atomic mass is 16.4. The largest absolute Gasteiger partial charge is 0.481 e. The summed E-state index contributed by atoms with van der Waals surface area (Å²) in [7, 11) is 0. The first-order chi connectivity index (χ1) is 13.9. The van der Waals surface area contributed by atoms with Crippen LogP contribution >= 0.6 is 0 Å². The van der Waals surface area contributed by atoms with Crippen LogP contribution in [0.4, 0.5) is 0 Å². The molecule has 0 unspecified atom stereocenters. The molecule has 0 heterocycles. The molecule has 3 N–H and O–H groups in total. The van der Waals surface area contributed by atoms with Crippen molar-refractivity contribution >= 4 is 5.97 Å². The zero-order chi connectivity index (χ0) is 21.5. The molecule has 4 heteroatoms. The van der Waals surface area contributed by atoms with Gasteiger partial charge in [0.15, 0.2) is 0 Å². The molecule has 2 atom stereocenters. The molecular formula is C25H46O4. The van der Waals surface area contributed by atoms with Crippen molar-refractivity contribution in [3.63, 3.8) is 0 Å². The topological polar surface area (TPSA) is 77.8 Å². The van der Waals surface area contributed by atoms with E-state index in [9.17, 15) is 15.0 Å². The average Bonchev–Trinajstić information content (AvgIpc) is 3.03. The highest BCUT2D eigenvalue weighted by Crippen LogP contribution is 2.37. The van der Waals surface area contributed by atoms with E-state index in [4.69, 9.17) is 5.11 Å². The second-order valence-corrected chi connectivity index (χ2v) is 9.18. The summed E-state index contributed by atoms with van der Waals surface area (Å²) < 4.78 is 0. The maximum atomic E-state index is 11.2. The van der Waals surface area contributed by atoms with Crippen molar-refractivity contribution in [1.29, 1.82) is 0 Å². The number of carboxylic acids is 1. The third-order valence-corrected chi connectivity index (χ3v) is 6.56. The minimum absolute atomic E-state index is 0.227. The molecule has 1 saturated carbocycles. The molecule has 1 rings (SSSR count). The summed E-state index contributed by atoms with van der Waals surface area (Å²) in [4.78, 5) is 10.6. The molecule has 0 spiro atoms. The molecule has 0 bridgehead atoms. The maximum Gasteiger partial charge on any atom is 0.303 e. The predicted octanol–water partition coefficient (Wildman–Crippen LogP) is 6.39. The van der Waals surface area contributed by atoms with Crippen LogP contribution in [0.1, 0.15) is 123 Å². The molecule has 0 aromatic rings. The van der Waals surface area contributed by atoms with Crippen LogP contribution in [0.2, 0.25) is 0 Å². The molecule has 1 fully saturated rings. The van der Waals surface area contributed by atoms with Crippen molar-refractivity contribution in [2.45, 2.75) is 135 Å². The molecule has 1 aliphatic rings. The van der Waals surface area contributed by atoms with Gasteiger partial charge in [-0.05, 0) is 44.9 Å². The quantitative estimate of drug-likeness (QED) is 0.192. The summed E-state index contributed by atoms with van der Waals surface area (Å²) in [5.74, 6) is -0.489. The maximum absolute atomic E-state index is 11.2. The lowest BCUT2D eigenvalue weighted by atomic mass is 9.85. The molecular weight excluding hydrogens is 364 g/mol. The number of aliphatic hydroxyl groups excluding tert-OH is 1. The van der Waals surface area contributed by atoms with Crippen LogP contribution in [-0.2, 0) is 4.79 Å². The Morgan fingerprint density at radius 1 is 1.00 bits per heavy atom. The minimum atomic E-state index is -0.716. The van der Waals surface area contributed by atoms with Gasteiger partial charge in [0.1, 0.15) is 0 Å². The Hall–Kier alpha value is -0.870. The van der Waals surface area contributed by atoms with E-state index < -0.39 is 11.6 Å². The Labute approximate surface area is 178 Å². The van der Waals surface area contributed by atoms with Crippen LogP contribution in [0.25, 0.3) is 0 Å². The van der Waals surface area contributed by atoms with Gasteiger partial charge in [-0.3, -0.25) is 4.79 Å². The second-order valence-electron chi connectivity index (χ2n) is 9.18. The number of carboxylic acid groups (broad SMARTS) is 1. The van der Waals surface area contributed by atoms with Gasteiger partial charge in [-0.15, -0.1) is 0 Å². The van der Waals surface area contributed by atoms with E-state index in [1.54, 1.807) is 0 Å². The van der Waals surface area contributed by atoms with Crippen molar-refractivity contribution in [1.82, 2.24) is 0 Å². The van der Waals surface area contributed by atoms with E-state index in [1.165, 1.54) is 31.3 Å². The Morgan fingerprint density at radius 2 is 1.62 bits per heavy atom. The first-order valence-electron chi connectivity index (χ1n) is 12.2. The molecule has 0 saturated heterocycles. The molecule has 170 valence electrons. The van der Waals surface area contributed by atoms with Gasteiger partial charge in [-0.2, -0.15) is 0 Å². The third-order valence-electron chi connectivity index (χ3n) is 6.56. The van der Waals surface area contributed by atoms with Crippen molar-refractivity contribution < 1.29 is 20.1 Å². The summed E-state index contributed by atoms with van der Waals surface area (Å²) >= 11 is 0. The van der Waals surface area contributed by atoms with E-state index in [2.05, 4.69) is 19.9 Å². The number of carbonyl (C=O) groups is 1. The fourth-order valence-corrected chi connectivity index (χ4v) is 4.63. The third kappa shape index (κ3) is 11.2. The Balaban J connectivity index is 2.54. The summed E-state index contributed by atoms with van der Waals surface area (Å²) in [6.45, 7) is 4.40. The van der Waals surface area contributed by atoms with Crippen LogP contribution in [0.15, 0.2) is 11.6 Å². The van der Waals surface area contributed by atoms with Gasteiger partial charge in [0, 0.05) is 12.3 Å². The summed E-state index contributed by atoms with van der Waals surface area (Å²) in [6.07, 6.45) is 18.1. The zero-order valence-corrected chi connectivity index (χ0v) is 19.0. The first kappa shape index (κ1) is 26.2. The Bertz CT molecular complexity index is 461. The Kier molecular flexibility index (Phi) is 13.5. The standard InChI is InChI=1S/C25H46O4/c1-3-5-11-18-25(29,19-12-6-4-2)20-17-21-15-16-23(26)22(21)13-9-7-8-10-14-24(27)28/h17,22-23,26,29H,3-16,18-20H2,1-2H3,(H,27,28)/t22-,23-/m1/s1. The van der Waals surface area contributed by atoms with Gasteiger partial charge in [0.25, 0.3) is 0 Å². The fraction of sp³-hybridized carbons (Fsp3) is 0.880. The average molecular weight is 411 g/mol. The lowest BCUT2D eigenvalue weighted by Crippen LogP contribution is -2.28. The molecule has 0 radical (unpaired) electrons. The number of hydrogen-bond donors (Lipinski definition) is 3. The van der Waals surface area contributed by atoms with Crippen LogP contribution in [0.3, 0.4) is 0 Å². The van der Waals surface area contributed by atoms with Crippen molar-refractivity contribution in [3.8, 4) is 0 Å². The lowest BCUT2D eigenvalue weighted by Gasteiger charge is -2.28. The monoisotopic (exact) mass is 410 g/mol. The van der Waals surface area contributed by atoms with Gasteiger partial charge in [-0.25, -0.2) is 0 Å². The van der Waals surface area contributed by atoms with Gasteiger partial charge < -0.3 is 15.3 Å². The van der Waals surface area contributed by atoms with Crippen molar-refractivity contribution in [2.24, 2.45) is 5.92 Å². The van der Waals surface area contributed by atoms with Gasteiger partial charge in [0.05, 0.1) is 11.7 Å².